The van der Waals surface area contributed by atoms with Crippen LogP contribution in [0.25, 0.3) is 0 Å². The molecule has 1 aromatic carbocycles. The van der Waals surface area contributed by atoms with Gasteiger partial charge in [0.05, 0.1) is 11.6 Å². The third-order valence-corrected chi connectivity index (χ3v) is 6.04. The zero-order chi connectivity index (χ0) is 25.2. The van der Waals surface area contributed by atoms with Gasteiger partial charge in [0.25, 0.3) is 0 Å². The van der Waals surface area contributed by atoms with Gasteiger partial charge in [-0.2, -0.15) is 4.98 Å². The van der Waals surface area contributed by atoms with Crippen molar-refractivity contribution in [3.05, 3.63) is 47.2 Å². The van der Waals surface area contributed by atoms with E-state index in [1.807, 2.05) is 27.7 Å². The smallest absolute Gasteiger partial charge is 0.415 e. The van der Waals surface area contributed by atoms with Crippen molar-refractivity contribution in [3.8, 4) is 0 Å². The van der Waals surface area contributed by atoms with E-state index in [1.54, 1.807) is 18.1 Å². The molecular weight excluding hydrogens is 448 g/mol. The molecule has 1 fully saturated rings. The molecule has 1 aromatic heterocycles. The number of carbonyl (C=O) groups is 2. The molecule has 2 aliphatic heterocycles. The zero-order valence-corrected chi connectivity index (χ0v) is 21.1. The van der Waals surface area contributed by atoms with Crippen molar-refractivity contribution in [1.82, 2.24) is 19.8 Å². The summed E-state index contributed by atoms with van der Waals surface area (Å²) in [6.45, 7) is 11.7. The van der Waals surface area contributed by atoms with Crippen molar-refractivity contribution >= 4 is 24.0 Å². The van der Waals surface area contributed by atoms with Gasteiger partial charge < -0.3 is 19.7 Å². The first-order valence-electron chi connectivity index (χ1n) is 11.9. The van der Waals surface area contributed by atoms with Crippen molar-refractivity contribution in [1.29, 1.82) is 0 Å². The quantitative estimate of drug-likeness (QED) is 0.687. The second-order valence-corrected chi connectivity index (χ2v) is 10.0. The summed E-state index contributed by atoms with van der Waals surface area (Å²) in [5, 5.41) is 3.32. The molecule has 3 heterocycles. The molecule has 4 rings (SSSR count). The summed E-state index contributed by atoms with van der Waals surface area (Å²) in [5.41, 5.74) is 2.63. The Morgan fingerprint density at radius 2 is 1.86 bits per heavy atom. The average Bonchev–Trinajstić information content (AvgIpc) is 2.81. The van der Waals surface area contributed by atoms with Crippen LogP contribution in [0.15, 0.2) is 30.5 Å². The molecule has 35 heavy (non-hydrogen) atoms. The number of amides is 2. The molecule has 0 bridgehead atoms. The zero-order valence-electron chi connectivity index (χ0n) is 21.1. The molecule has 0 unspecified atom stereocenters. The molecule has 0 radical (unpaired) electrons. The molecular formula is C25H34N6O4. The Morgan fingerprint density at radius 3 is 2.51 bits per heavy atom. The number of cyclic esters (lactones) is 1. The van der Waals surface area contributed by atoms with Gasteiger partial charge in [0.1, 0.15) is 18.0 Å². The molecule has 0 saturated carbocycles. The van der Waals surface area contributed by atoms with Gasteiger partial charge >= 0.3 is 12.2 Å². The summed E-state index contributed by atoms with van der Waals surface area (Å²) in [5.74, 6) is 1.03. The van der Waals surface area contributed by atoms with Gasteiger partial charge in [-0.3, -0.25) is 9.80 Å². The van der Waals surface area contributed by atoms with Gasteiger partial charge in [-0.1, -0.05) is 24.3 Å². The van der Waals surface area contributed by atoms with Gasteiger partial charge in [0.15, 0.2) is 0 Å². The first-order valence-corrected chi connectivity index (χ1v) is 11.9. The number of aromatic nitrogens is 2. The highest BCUT2D eigenvalue weighted by Crippen LogP contribution is 2.25. The fourth-order valence-corrected chi connectivity index (χ4v) is 4.04. The van der Waals surface area contributed by atoms with E-state index in [4.69, 9.17) is 9.47 Å². The Bertz CT molecular complexity index is 1060. The predicted molar refractivity (Wildman–Crippen MR) is 132 cm³/mol. The van der Waals surface area contributed by atoms with E-state index in [-0.39, 0.29) is 18.7 Å². The molecule has 1 atom stereocenters. The summed E-state index contributed by atoms with van der Waals surface area (Å²) in [6, 6.07) is 8.45. The third-order valence-electron chi connectivity index (χ3n) is 6.04. The first kappa shape index (κ1) is 24.7. The van der Waals surface area contributed by atoms with Crippen LogP contribution in [-0.4, -0.2) is 70.8 Å². The maximum atomic E-state index is 12.3. The summed E-state index contributed by atoms with van der Waals surface area (Å²) in [6.07, 6.45) is 1.03. The predicted octanol–water partition coefficient (Wildman–Crippen LogP) is 3.79. The normalized spacial score (nSPS) is 17.5. The fraction of sp³-hybridized carbons (Fsp3) is 0.520. The number of hydrogen-bond donors (Lipinski definition) is 1. The molecule has 10 nitrogen and oxygen atoms in total. The van der Waals surface area contributed by atoms with Crippen LogP contribution >= 0.6 is 0 Å². The molecule has 0 aliphatic carbocycles. The monoisotopic (exact) mass is 482 g/mol. The van der Waals surface area contributed by atoms with Gasteiger partial charge in [-0.05, 0) is 38.8 Å². The van der Waals surface area contributed by atoms with Crippen LogP contribution in [0.2, 0.25) is 0 Å². The van der Waals surface area contributed by atoms with E-state index in [9.17, 15) is 9.59 Å². The van der Waals surface area contributed by atoms with Crippen molar-refractivity contribution in [2.45, 2.75) is 52.5 Å². The summed E-state index contributed by atoms with van der Waals surface area (Å²) < 4.78 is 10.5. The average molecular weight is 483 g/mol. The minimum absolute atomic E-state index is 0.0136. The fourth-order valence-electron chi connectivity index (χ4n) is 4.04. The SMILES string of the molecule is C[C@H](Nc1ncc2c(n1)N(C)C(=O)OC2)c1ccc(CN2CCN(C(=O)OC(C)(C)C)CC2)cc1. The molecule has 1 saturated heterocycles. The maximum Gasteiger partial charge on any atom is 0.415 e. The van der Waals surface area contributed by atoms with Crippen LogP contribution in [-0.2, 0) is 22.6 Å². The summed E-state index contributed by atoms with van der Waals surface area (Å²) in [7, 11) is 1.64. The Morgan fingerprint density at radius 1 is 1.17 bits per heavy atom. The lowest BCUT2D eigenvalue weighted by Gasteiger charge is -2.35. The van der Waals surface area contributed by atoms with E-state index < -0.39 is 11.7 Å². The van der Waals surface area contributed by atoms with Gasteiger partial charge in [0.2, 0.25) is 5.95 Å². The number of anilines is 2. The number of fused-ring (bicyclic) bond motifs is 1. The Balaban J connectivity index is 1.29. The third kappa shape index (κ3) is 6.19. The lowest BCUT2D eigenvalue weighted by molar-refractivity contribution is 0.0139. The van der Waals surface area contributed by atoms with Crippen LogP contribution < -0.4 is 10.2 Å². The summed E-state index contributed by atoms with van der Waals surface area (Å²) in [4.78, 5) is 38.4. The van der Waals surface area contributed by atoms with Crippen molar-refractivity contribution < 1.29 is 19.1 Å². The maximum absolute atomic E-state index is 12.3. The number of rotatable bonds is 5. The van der Waals surface area contributed by atoms with E-state index in [0.29, 0.717) is 24.9 Å². The molecule has 2 aliphatic rings. The van der Waals surface area contributed by atoms with Gasteiger partial charge in [0, 0.05) is 46.0 Å². The standard InChI is InChI=1S/C25H34N6O4/c1-17(27-22-26-14-20-16-34-23(32)29(5)21(20)28-22)19-8-6-18(7-9-19)15-30-10-12-31(13-11-30)24(33)35-25(2,3)4/h6-9,14,17H,10-13,15-16H2,1-5H3,(H,26,27,28)/t17-/m0/s1. The number of benzene rings is 1. The van der Waals surface area contributed by atoms with Crippen LogP contribution in [0.4, 0.5) is 21.4 Å². The lowest BCUT2D eigenvalue weighted by atomic mass is 10.1. The van der Waals surface area contributed by atoms with Crippen LogP contribution in [0.1, 0.15) is 50.4 Å². The van der Waals surface area contributed by atoms with Crippen LogP contribution in [0.5, 0.6) is 0 Å². The molecule has 2 amide bonds. The van der Waals surface area contributed by atoms with E-state index >= 15 is 0 Å². The molecule has 1 N–H and O–H groups in total. The summed E-state index contributed by atoms with van der Waals surface area (Å²) >= 11 is 0. The van der Waals surface area contributed by atoms with Crippen LogP contribution in [0.3, 0.4) is 0 Å². The minimum Gasteiger partial charge on any atom is -0.444 e. The molecule has 0 spiro atoms. The number of carbonyl (C=O) groups excluding carboxylic acids is 2. The van der Waals surface area contributed by atoms with Crippen molar-refractivity contribution in [2.24, 2.45) is 0 Å². The number of hydrogen-bond acceptors (Lipinski definition) is 8. The van der Waals surface area contributed by atoms with E-state index in [2.05, 4.69) is 44.5 Å². The molecule has 10 heteroatoms. The number of ether oxygens (including phenoxy) is 2. The topological polar surface area (TPSA) is 100 Å². The highest BCUT2D eigenvalue weighted by Gasteiger charge is 2.26. The Hall–Kier alpha value is -3.40. The largest absolute Gasteiger partial charge is 0.444 e. The second-order valence-electron chi connectivity index (χ2n) is 10.0. The first-order chi connectivity index (χ1) is 16.6. The lowest BCUT2D eigenvalue weighted by Crippen LogP contribution is -2.49. The Labute approximate surface area is 206 Å². The Kier molecular flexibility index (Phi) is 7.11. The highest BCUT2D eigenvalue weighted by atomic mass is 16.6. The number of nitrogens with zero attached hydrogens (tertiary/aromatic N) is 5. The molecule has 188 valence electrons. The van der Waals surface area contributed by atoms with E-state index in [0.717, 1.165) is 30.8 Å². The second kappa shape index (κ2) is 10.1. The van der Waals surface area contributed by atoms with Gasteiger partial charge in [-0.25, -0.2) is 14.6 Å². The van der Waals surface area contributed by atoms with Gasteiger partial charge in [-0.15, -0.1) is 0 Å². The number of nitrogens with one attached hydrogen (secondary N) is 1. The van der Waals surface area contributed by atoms with Crippen LogP contribution in [0, 0.1) is 0 Å². The minimum atomic E-state index is -0.474. The van der Waals surface area contributed by atoms with Crippen molar-refractivity contribution in [2.75, 3.05) is 43.4 Å². The highest BCUT2D eigenvalue weighted by molar-refractivity contribution is 5.88. The molecule has 2 aromatic rings. The van der Waals surface area contributed by atoms with E-state index in [1.165, 1.54) is 10.5 Å². The number of piperazine rings is 1. The van der Waals surface area contributed by atoms with Crippen molar-refractivity contribution in [3.63, 3.8) is 0 Å².